The fourth-order valence-corrected chi connectivity index (χ4v) is 1.95. The average Bonchev–Trinajstić information content (AvgIpc) is 2.45. The van der Waals surface area contributed by atoms with Crippen LogP contribution in [0.25, 0.3) is 0 Å². The quantitative estimate of drug-likeness (QED) is 0.853. The molecule has 1 amide bonds. The van der Waals surface area contributed by atoms with Gasteiger partial charge in [-0.2, -0.15) is 13.2 Å². The molecule has 0 saturated carbocycles. The third-order valence-corrected chi connectivity index (χ3v) is 3.11. The van der Waals surface area contributed by atoms with E-state index in [0.717, 1.165) is 12.3 Å². The highest BCUT2D eigenvalue weighted by atomic mass is 19.4. The van der Waals surface area contributed by atoms with E-state index in [1.807, 2.05) is 0 Å². The predicted octanol–water partition coefficient (Wildman–Crippen LogP) is 1.89. The number of aromatic nitrogens is 1. The molecule has 110 valence electrons. The molecule has 7 heteroatoms. The lowest BCUT2D eigenvalue weighted by atomic mass is 10.1. The second-order valence-electron chi connectivity index (χ2n) is 4.53. The third-order valence-electron chi connectivity index (χ3n) is 3.11. The summed E-state index contributed by atoms with van der Waals surface area (Å²) >= 11 is 0. The van der Waals surface area contributed by atoms with Gasteiger partial charge < -0.3 is 9.64 Å². The Hall–Kier alpha value is -1.63. The summed E-state index contributed by atoms with van der Waals surface area (Å²) in [4.78, 5) is 17.3. The van der Waals surface area contributed by atoms with Crippen LogP contribution in [0.15, 0.2) is 18.3 Å². The van der Waals surface area contributed by atoms with Gasteiger partial charge >= 0.3 is 6.18 Å². The molecule has 0 N–H and O–H groups in total. The van der Waals surface area contributed by atoms with Gasteiger partial charge in [-0.1, -0.05) is 0 Å². The van der Waals surface area contributed by atoms with Gasteiger partial charge in [0.1, 0.15) is 0 Å². The van der Waals surface area contributed by atoms with E-state index in [9.17, 15) is 18.0 Å². The lowest BCUT2D eigenvalue weighted by Gasteiger charge is -2.26. The number of alkyl halides is 3. The number of aryl methyl sites for hydroxylation is 1. The number of nitrogens with zero attached hydrogens (tertiary/aromatic N) is 2. The Morgan fingerprint density at radius 1 is 1.30 bits per heavy atom. The highest BCUT2D eigenvalue weighted by molar-refractivity contribution is 5.76. The van der Waals surface area contributed by atoms with E-state index in [1.165, 1.54) is 6.07 Å². The molecule has 0 atom stereocenters. The summed E-state index contributed by atoms with van der Waals surface area (Å²) in [6.45, 7) is 2.20. The molecule has 2 rings (SSSR count). The van der Waals surface area contributed by atoms with E-state index in [-0.39, 0.29) is 12.3 Å². The van der Waals surface area contributed by atoms with Crippen molar-refractivity contribution in [3.63, 3.8) is 0 Å². The number of ether oxygens (including phenoxy) is 1. The van der Waals surface area contributed by atoms with E-state index >= 15 is 0 Å². The fraction of sp³-hybridized carbons (Fsp3) is 0.538. The molecule has 0 unspecified atom stereocenters. The first-order valence-electron chi connectivity index (χ1n) is 6.34. The fourth-order valence-electron chi connectivity index (χ4n) is 1.95. The summed E-state index contributed by atoms with van der Waals surface area (Å²) in [5.74, 6) is -0.0185. The minimum absolute atomic E-state index is 0.0185. The Bertz CT molecular complexity index is 454. The van der Waals surface area contributed by atoms with Gasteiger partial charge in [-0.05, 0) is 18.6 Å². The van der Waals surface area contributed by atoms with E-state index < -0.39 is 11.7 Å². The normalized spacial score (nSPS) is 16.2. The molecular weight excluding hydrogens is 273 g/mol. The van der Waals surface area contributed by atoms with Crippen molar-refractivity contribution in [3.05, 3.63) is 29.6 Å². The van der Waals surface area contributed by atoms with Crippen molar-refractivity contribution in [2.75, 3.05) is 26.3 Å². The zero-order valence-electron chi connectivity index (χ0n) is 10.8. The topological polar surface area (TPSA) is 42.4 Å². The summed E-state index contributed by atoms with van der Waals surface area (Å²) in [5.41, 5.74) is -0.291. The Labute approximate surface area is 114 Å². The Kier molecular flexibility index (Phi) is 4.59. The predicted molar refractivity (Wildman–Crippen MR) is 65.0 cm³/mol. The van der Waals surface area contributed by atoms with Gasteiger partial charge in [-0.3, -0.25) is 9.78 Å². The number of pyridine rings is 1. The van der Waals surface area contributed by atoms with Crippen molar-refractivity contribution in [2.24, 2.45) is 0 Å². The number of carbonyl (C=O) groups excluding carboxylic acids is 1. The molecule has 1 aliphatic rings. The number of halogens is 3. The summed E-state index contributed by atoms with van der Waals surface area (Å²) in [7, 11) is 0. The zero-order chi connectivity index (χ0) is 14.6. The molecule has 0 aromatic carbocycles. The molecule has 20 heavy (non-hydrogen) atoms. The van der Waals surface area contributed by atoms with Crippen LogP contribution in [-0.4, -0.2) is 42.1 Å². The zero-order valence-corrected chi connectivity index (χ0v) is 10.8. The Morgan fingerprint density at radius 2 is 2.00 bits per heavy atom. The summed E-state index contributed by atoms with van der Waals surface area (Å²) in [6, 6.07) is 2.30. The lowest BCUT2D eigenvalue weighted by molar-refractivity contribution is -0.138. The van der Waals surface area contributed by atoms with Crippen molar-refractivity contribution in [1.29, 1.82) is 0 Å². The second kappa shape index (κ2) is 6.21. The number of hydrogen-bond donors (Lipinski definition) is 0. The molecule has 1 aromatic heterocycles. The van der Waals surface area contributed by atoms with E-state index in [0.29, 0.717) is 38.4 Å². The number of hydrogen-bond acceptors (Lipinski definition) is 3. The number of amides is 1. The largest absolute Gasteiger partial charge is 0.417 e. The molecule has 1 aliphatic heterocycles. The van der Waals surface area contributed by atoms with Crippen molar-refractivity contribution < 1.29 is 22.7 Å². The van der Waals surface area contributed by atoms with Crippen LogP contribution in [-0.2, 0) is 22.1 Å². The van der Waals surface area contributed by atoms with Crippen LogP contribution in [0.1, 0.15) is 17.7 Å². The van der Waals surface area contributed by atoms with Crippen molar-refractivity contribution in [2.45, 2.75) is 19.0 Å². The number of carbonyl (C=O) groups is 1. The maximum atomic E-state index is 12.4. The van der Waals surface area contributed by atoms with Gasteiger partial charge in [0.2, 0.25) is 5.91 Å². The van der Waals surface area contributed by atoms with E-state index in [2.05, 4.69) is 4.98 Å². The van der Waals surface area contributed by atoms with Crippen LogP contribution in [0.3, 0.4) is 0 Å². The standard InChI is InChI=1S/C13H15F3N2O2/c14-13(15,16)10-1-2-11(17-9-10)3-4-12(19)18-5-7-20-8-6-18/h1-2,9H,3-8H2. The monoisotopic (exact) mass is 288 g/mol. The first-order chi connectivity index (χ1) is 9.47. The summed E-state index contributed by atoms with van der Waals surface area (Å²) < 4.78 is 42.2. The summed E-state index contributed by atoms with van der Waals surface area (Å²) in [6.07, 6.45) is -2.99. The first-order valence-corrected chi connectivity index (χ1v) is 6.34. The minimum Gasteiger partial charge on any atom is -0.378 e. The molecule has 2 heterocycles. The van der Waals surface area contributed by atoms with E-state index in [1.54, 1.807) is 4.90 Å². The minimum atomic E-state index is -4.38. The van der Waals surface area contributed by atoms with Gasteiger partial charge in [0.05, 0.1) is 18.8 Å². The maximum absolute atomic E-state index is 12.4. The second-order valence-corrected chi connectivity index (χ2v) is 4.53. The molecule has 4 nitrogen and oxygen atoms in total. The van der Waals surface area contributed by atoms with Gasteiger partial charge in [-0.15, -0.1) is 0 Å². The van der Waals surface area contributed by atoms with Crippen LogP contribution >= 0.6 is 0 Å². The van der Waals surface area contributed by atoms with Crippen molar-refractivity contribution in [1.82, 2.24) is 9.88 Å². The molecule has 1 saturated heterocycles. The molecule has 0 bridgehead atoms. The van der Waals surface area contributed by atoms with Crippen LogP contribution in [0, 0.1) is 0 Å². The maximum Gasteiger partial charge on any atom is 0.417 e. The van der Waals surface area contributed by atoms with Gasteiger partial charge in [0.15, 0.2) is 0 Å². The van der Waals surface area contributed by atoms with Gasteiger partial charge in [0, 0.05) is 31.4 Å². The lowest BCUT2D eigenvalue weighted by Crippen LogP contribution is -2.40. The van der Waals surface area contributed by atoms with Gasteiger partial charge in [0.25, 0.3) is 0 Å². The highest BCUT2D eigenvalue weighted by Gasteiger charge is 2.30. The number of morpholine rings is 1. The van der Waals surface area contributed by atoms with Crippen LogP contribution in [0.5, 0.6) is 0 Å². The van der Waals surface area contributed by atoms with Crippen LogP contribution < -0.4 is 0 Å². The van der Waals surface area contributed by atoms with Crippen molar-refractivity contribution >= 4 is 5.91 Å². The molecule has 0 spiro atoms. The first kappa shape index (κ1) is 14.8. The molecular formula is C13H15F3N2O2. The molecule has 0 radical (unpaired) electrons. The Morgan fingerprint density at radius 3 is 2.55 bits per heavy atom. The molecule has 1 fully saturated rings. The SMILES string of the molecule is O=C(CCc1ccc(C(F)(F)F)cn1)N1CCOCC1. The number of rotatable bonds is 3. The third kappa shape index (κ3) is 3.93. The highest BCUT2D eigenvalue weighted by Crippen LogP contribution is 2.28. The smallest absolute Gasteiger partial charge is 0.378 e. The average molecular weight is 288 g/mol. The Balaban J connectivity index is 1.86. The van der Waals surface area contributed by atoms with E-state index in [4.69, 9.17) is 4.74 Å². The summed E-state index contributed by atoms with van der Waals surface area (Å²) in [5, 5.41) is 0. The molecule has 0 aliphatic carbocycles. The van der Waals surface area contributed by atoms with Crippen LogP contribution in [0.4, 0.5) is 13.2 Å². The van der Waals surface area contributed by atoms with Gasteiger partial charge in [-0.25, -0.2) is 0 Å². The van der Waals surface area contributed by atoms with Crippen LogP contribution in [0.2, 0.25) is 0 Å². The molecule has 1 aromatic rings. The van der Waals surface area contributed by atoms with Crippen molar-refractivity contribution in [3.8, 4) is 0 Å².